The molecule has 0 aliphatic carbocycles. The zero-order valence-electron chi connectivity index (χ0n) is 9.78. The predicted octanol–water partition coefficient (Wildman–Crippen LogP) is 3.69. The number of aromatic nitrogens is 1. The van der Waals surface area contributed by atoms with Crippen molar-refractivity contribution in [3.63, 3.8) is 0 Å². The molecule has 0 saturated carbocycles. The highest BCUT2D eigenvalue weighted by Gasteiger charge is 2.05. The van der Waals surface area contributed by atoms with Gasteiger partial charge < -0.3 is 5.32 Å². The Morgan fingerprint density at radius 1 is 1.22 bits per heavy atom. The van der Waals surface area contributed by atoms with Crippen LogP contribution < -0.4 is 5.32 Å². The first-order chi connectivity index (χ1) is 8.69. The van der Waals surface area contributed by atoms with Gasteiger partial charge >= 0.3 is 0 Å². The van der Waals surface area contributed by atoms with E-state index in [0.717, 1.165) is 23.5 Å². The maximum atomic E-state index is 13.4. The van der Waals surface area contributed by atoms with Gasteiger partial charge in [0.05, 0.1) is 5.69 Å². The van der Waals surface area contributed by atoms with Crippen LogP contribution in [0.3, 0.4) is 0 Å². The molecule has 18 heavy (non-hydrogen) atoms. The fraction of sp³-hybridized carbons (Fsp3) is 0.154. The first kappa shape index (κ1) is 12.8. The summed E-state index contributed by atoms with van der Waals surface area (Å²) >= 11 is 1.23. The van der Waals surface area contributed by atoms with E-state index in [0.29, 0.717) is 10.6 Å². The lowest BCUT2D eigenvalue weighted by Gasteiger charge is -2.05. The molecule has 1 aromatic heterocycles. The van der Waals surface area contributed by atoms with Crippen LogP contribution in [0.25, 0.3) is 0 Å². The second-order valence-corrected chi connectivity index (χ2v) is 4.67. The third-order valence-corrected chi connectivity index (χ3v) is 3.44. The molecule has 2 aromatic rings. The van der Waals surface area contributed by atoms with Gasteiger partial charge in [-0.1, -0.05) is 0 Å². The van der Waals surface area contributed by atoms with Crippen molar-refractivity contribution in [1.29, 1.82) is 0 Å². The number of benzene rings is 1. The molecule has 1 aromatic carbocycles. The van der Waals surface area contributed by atoms with E-state index in [9.17, 15) is 8.78 Å². The van der Waals surface area contributed by atoms with E-state index in [1.165, 1.54) is 17.8 Å². The molecule has 1 heterocycles. The molecule has 1 N–H and O–H groups in total. The molecule has 2 nitrogen and oxygen atoms in total. The van der Waals surface area contributed by atoms with Crippen molar-refractivity contribution in [1.82, 2.24) is 4.98 Å². The molecule has 0 atom stereocenters. The van der Waals surface area contributed by atoms with Crippen LogP contribution in [0, 0.1) is 11.6 Å². The molecule has 0 aliphatic heterocycles. The van der Waals surface area contributed by atoms with Crippen LogP contribution in [0.1, 0.15) is 5.69 Å². The molecule has 0 unspecified atom stereocenters. The number of thioether (sulfide) groups is 1. The zero-order chi connectivity index (χ0) is 13.0. The minimum Gasteiger partial charge on any atom is -0.388 e. The van der Waals surface area contributed by atoms with Crippen molar-refractivity contribution in [2.24, 2.45) is 0 Å². The SMILES string of the molecule is CNc1ccnc(CSc2cc(F)ccc2F)c1. The zero-order valence-corrected chi connectivity index (χ0v) is 10.6. The van der Waals surface area contributed by atoms with Crippen molar-refractivity contribution in [3.8, 4) is 0 Å². The molecule has 0 bridgehead atoms. The second kappa shape index (κ2) is 5.82. The average Bonchev–Trinajstić information content (AvgIpc) is 2.40. The summed E-state index contributed by atoms with van der Waals surface area (Å²) in [7, 11) is 1.82. The molecule has 2 rings (SSSR count). The molecule has 5 heteroatoms. The highest BCUT2D eigenvalue weighted by atomic mass is 32.2. The van der Waals surface area contributed by atoms with E-state index in [4.69, 9.17) is 0 Å². The van der Waals surface area contributed by atoms with E-state index in [-0.39, 0.29) is 0 Å². The summed E-state index contributed by atoms with van der Waals surface area (Å²) in [5.74, 6) is -0.349. The summed E-state index contributed by atoms with van der Waals surface area (Å²) in [4.78, 5) is 4.48. The third-order valence-electron chi connectivity index (χ3n) is 2.37. The Balaban J connectivity index is 2.08. The second-order valence-electron chi connectivity index (χ2n) is 3.65. The van der Waals surface area contributed by atoms with Gasteiger partial charge in [0.25, 0.3) is 0 Å². The van der Waals surface area contributed by atoms with Crippen LogP contribution in [-0.2, 0) is 5.75 Å². The lowest BCUT2D eigenvalue weighted by atomic mass is 10.3. The number of hydrogen-bond acceptors (Lipinski definition) is 3. The number of pyridine rings is 1. The van der Waals surface area contributed by atoms with Crippen molar-refractivity contribution in [2.45, 2.75) is 10.6 Å². The number of anilines is 1. The van der Waals surface area contributed by atoms with Crippen molar-refractivity contribution >= 4 is 17.4 Å². The lowest BCUT2D eigenvalue weighted by molar-refractivity contribution is 0.577. The first-order valence-electron chi connectivity index (χ1n) is 5.39. The van der Waals surface area contributed by atoms with Gasteiger partial charge in [0, 0.05) is 29.6 Å². The minimum atomic E-state index is -0.434. The van der Waals surface area contributed by atoms with E-state index >= 15 is 0 Å². The molecule has 94 valence electrons. The van der Waals surface area contributed by atoms with Gasteiger partial charge in [-0.25, -0.2) is 8.78 Å². The van der Waals surface area contributed by atoms with Gasteiger partial charge in [-0.05, 0) is 30.3 Å². The molecular weight excluding hydrogens is 254 g/mol. The molecule has 0 saturated heterocycles. The van der Waals surface area contributed by atoms with E-state index in [2.05, 4.69) is 10.3 Å². The van der Waals surface area contributed by atoms with Gasteiger partial charge in [0.2, 0.25) is 0 Å². The number of rotatable bonds is 4. The van der Waals surface area contributed by atoms with E-state index in [1.54, 1.807) is 6.20 Å². The van der Waals surface area contributed by atoms with Gasteiger partial charge in [-0.2, -0.15) is 0 Å². The monoisotopic (exact) mass is 266 g/mol. The van der Waals surface area contributed by atoms with Crippen molar-refractivity contribution in [2.75, 3.05) is 12.4 Å². The van der Waals surface area contributed by atoms with Gasteiger partial charge in [-0.15, -0.1) is 11.8 Å². The smallest absolute Gasteiger partial charge is 0.136 e. The quantitative estimate of drug-likeness (QED) is 0.854. The summed E-state index contributed by atoms with van der Waals surface area (Å²) in [5.41, 5.74) is 1.76. The molecular formula is C13H12F2N2S. The topological polar surface area (TPSA) is 24.9 Å². The summed E-state index contributed by atoms with van der Waals surface area (Å²) in [6.45, 7) is 0. The summed E-state index contributed by atoms with van der Waals surface area (Å²) < 4.78 is 26.4. The summed E-state index contributed by atoms with van der Waals surface area (Å²) in [6, 6.07) is 7.16. The molecule has 0 fully saturated rings. The fourth-order valence-corrected chi connectivity index (χ4v) is 2.32. The largest absolute Gasteiger partial charge is 0.388 e. The summed E-state index contributed by atoms with van der Waals surface area (Å²) in [6.07, 6.45) is 1.68. The molecule has 0 amide bonds. The average molecular weight is 266 g/mol. The maximum absolute atomic E-state index is 13.4. The number of nitrogens with zero attached hydrogens (tertiary/aromatic N) is 1. The molecule has 0 spiro atoms. The Morgan fingerprint density at radius 3 is 2.83 bits per heavy atom. The summed E-state index contributed by atoms with van der Waals surface area (Å²) in [5, 5.41) is 3.00. The Bertz CT molecular complexity index is 546. The standard InChI is InChI=1S/C13H12F2N2S/c1-16-10-4-5-17-11(7-10)8-18-13-6-9(14)2-3-12(13)15/h2-7H,8H2,1H3,(H,16,17). The number of hydrogen-bond donors (Lipinski definition) is 1. The first-order valence-corrected chi connectivity index (χ1v) is 6.38. The van der Waals surface area contributed by atoms with Gasteiger partial charge in [0.15, 0.2) is 0 Å². The maximum Gasteiger partial charge on any atom is 0.136 e. The van der Waals surface area contributed by atoms with Crippen LogP contribution in [0.5, 0.6) is 0 Å². The highest BCUT2D eigenvalue weighted by Crippen LogP contribution is 2.26. The van der Waals surface area contributed by atoms with E-state index < -0.39 is 11.6 Å². The molecule has 0 radical (unpaired) electrons. The number of nitrogens with one attached hydrogen (secondary N) is 1. The van der Waals surface area contributed by atoms with Crippen LogP contribution in [-0.4, -0.2) is 12.0 Å². The predicted molar refractivity (Wildman–Crippen MR) is 69.7 cm³/mol. The normalized spacial score (nSPS) is 10.4. The lowest BCUT2D eigenvalue weighted by Crippen LogP contribution is -1.92. The van der Waals surface area contributed by atoms with Crippen LogP contribution in [0.15, 0.2) is 41.4 Å². The van der Waals surface area contributed by atoms with E-state index in [1.807, 2.05) is 19.2 Å². The van der Waals surface area contributed by atoms with Gasteiger partial charge in [-0.3, -0.25) is 4.98 Å². The van der Waals surface area contributed by atoms with Crippen LogP contribution >= 0.6 is 11.8 Å². The number of halogens is 2. The van der Waals surface area contributed by atoms with Crippen molar-refractivity contribution < 1.29 is 8.78 Å². The fourth-order valence-electron chi connectivity index (χ4n) is 1.45. The Morgan fingerprint density at radius 2 is 2.06 bits per heavy atom. The van der Waals surface area contributed by atoms with Crippen LogP contribution in [0.2, 0.25) is 0 Å². The Hall–Kier alpha value is -1.62. The minimum absolute atomic E-state index is 0.298. The third kappa shape index (κ3) is 3.20. The molecule has 0 aliphatic rings. The van der Waals surface area contributed by atoms with Gasteiger partial charge in [0.1, 0.15) is 11.6 Å². The van der Waals surface area contributed by atoms with Crippen LogP contribution in [0.4, 0.5) is 14.5 Å². The van der Waals surface area contributed by atoms with Crippen molar-refractivity contribution in [3.05, 3.63) is 53.9 Å². The Labute approximate surface area is 108 Å². The Kier molecular flexibility index (Phi) is 4.15. The highest BCUT2D eigenvalue weighted by molar-refractivity contribution is 7.98.